The summed E-state index contributed by atoms with van der Waals surface area (Å²) in [6, 6.07) is 8.95. The maximum absolute atomic E-state index is 13.7. The molecule has 3 nitrogen and oxygen atoms in total. The molecule has 0 bridgehead atoms. The molecule has 134 valence electrons. The summed E-state index contributed by atoms with van der Waals surface area (Å²) in [6.45, 7) is -2.09. The Morgan fingerprint density at radius 2 is 1.68 bits per heavy atom. The van der Waals surface area contributed by atoms with Crippen LogP contribution in [-0.2, 0) is 23.1 Å². The van der Waals surface area contributed by atoms with E-state index >= 15 is 0 Å². The van der Waals surface area contributed by atoms with Crippen molar-refractivity contribution >= 4 is 5.91 Å². The number of benzene rings is 2. The van der Waals surface area contributed by atoms with Gasteiger partial charge in [-0.2, -0.15) is 13.2 Å². The van der Waals surface area contributed by atoms with E-state index in [9.17, 15) is 31.9 Å². The van der Waals surface area contributed by atoms with Gasteiger partial charge in [-0.15, -0.1) is 0 Å². The van der Waals surface area contributed by atoms with Crippen molar-refractivity contribution in [2.75, 3.05) is 6.67 Å². The molecule has 0 spiro atoms. The molecule has 0 aromatic heterocycles. The van der Waals surface area contributed by atoms with Crippen LogP contribution in [0.5, 0.6) is 0 Å². The minimum atomic E-state index is -4.67. The summed E-state index contributed by atoms with van der Waals surface area (Å²) in [5.74, 6) is -2.14. The number of halogens is 5. The molecule has 1 amide bonds. The summed E-state index contributed by atoms with van der Waals surface area (Å²) in [6.07, 6.45) is -4.67. The van der Waals surface area contributed by atoms with Crippen LogP contribution in [0, 0.1) is 5.82 Å². The molecule has 0 aliphatic rings. The predicted molar refractivity (Wildman–Crippen MR) is 79.6 cm³/mol. The average molecular weight is 359 g/mol. The standard InChI is InChI=1S/C17H14F5NO2/c18-10-16(25,12-4-2-1-3-5-12)15(24)23-9-11-8-13(17(20,21)22)6-7-14(11)19/h1-8,25H,9-10H2,(H,23,24). The molecule has 0 fully saturated rings. The summed E-state index contributed by atoms with van der Waals surface area (Å²) < 4.78 is 64.9. The molecule has 0 radical (unpaired) electrons. The fourth-order valence-corrected chi connectivity index (χ4v) is 2.19. The van der Waals surface area contributed by atoms with Gasteiger partial charge in [0.05, 0.1) is 5.56 Å². The predicted octanol–water partition coefficient (Wildman–Crippen LogP) is 3.32. The van der Waals surface area contributed by atoms with E-state index in [0.29, 0.717) is 18.2 Å². The Bertz CT molecular complexity index is 748. The van der Waals surface area contributed by atoms with Crippen molar-refractivity contribution < 1.29 is 31.9 Å². The zero-order chi connectivity index (χ0) is 18.7. The zero-order valence-electron chi connectivity index (χ0n) is 12.8. The van der Waals surface area contributed by atoms with E-state index < -0.39 is 47.8 Å². The van der Waals surface area contributed by atoms with E-state index in [1.807, 2.05) is 0 Å². The zero-order valence-corrected chi connectivity index (χ0v) is 12.8. The lowest BCUT2D eigenvalue weighted by Crippen LogP contribution is -2.46. The normalized spacial score (nSPS) is 14.0. The summed E-state index contributed by atoms with van der Waals surface area (Å²) >= 11 is 0. The van der Waals surface area contributed by atoms with Gasteiger partial charge in [0.2, 0.25) is 0 Å². The molecule has 1 unspecified atom stereocenters. The molecule has 0 saturated carbocycles. The number of hydrogen-bond acceptors (Lipinski definition) is 2. The maximum atomic E-state index is 13.7. The molecule has 25 heavy (non-hydrogen) atoms. The van der Waals surface area contributed by atoms with Gasteiger partial charge in [-0.05, 0) is 23.8 Å². The van der Waals surface area contributed by atoms with Gasteiger partial charge in [0, 0.05) is 12.1 Å². The highest BCUT2D eigenvalue weighted by atomic mass is 19.4. The summed E-state index contributed by atoms with van der Waals surface area (Å²) in [7, 11) is 0. The largest absolute Gasteiger partial charge is 0.416 e. The van der Waals surface area contributed by atoms with Crippen LogP contribution < -0.4 is 5.32 Å². The van der Waals surface area contributed by atoms with Gasteiger partial charge in [-0.3, -0.25) is 4.79 Å². The topological polar surface area (TPSA) is 49.3 Å². The van der Waals surface area contributed by atoms with Crippen LogP contribution in [-0.4, -0.2) is 17.7 Å². The van der Waals surface area contributed by atoms with Gasteiger partial charge in [0.1, 0.15) is 12.5 Å². The highest BCUT2D eigenvalue weighted by Gasteiger charge is 2.38. The van der Waals surface area contributed by atoms with Gasteiger partial charge >= 0.3 is 6.18 Å². The Hall–Kier alpha value is -2.48. The van der Waals surface area contributed by atoms with E-state index in [4.69, 9.17) is 0 Å². The minimum Gasteiger partial charge on any atom is -0.373 e. The van der Waals surface area contributed by atoms with Crippen LogP contribution in [0.2, 0.25) is 0 Å². The number of carbonyl (C=O) groups is 1. The third kappa shape index (κ3) is 4.14. The quantitative estimate of drug-likeness (QED) is 0.805. The third-order valence-corrected chi connectivity index (χ3v) is 3.63. The smallest absolute Gasteiger partial charge is 0.373 e. The van der Waals surface area contributed by atoms with Crippen LogP contribution in [0.3, 0.4) is 0 Å². The number of hydrogen-bond donors (Lipinski definition) is 2. The Balaban J connectivity index is 2.19. The minimum absolute atomic E-state index is 0.0282. The molecular formula is C17H14F5NO2. The molecule has 1 atom stereocenters. The molecule has 0 aliphatic heterocycles. The fraction of sp³-hybridized carbons (Fsp3) is 0.235. The highest BCUT2D eigenvalue weighted by Crippen LogP contribution is 2.30. The van der Waals surface area contributed by atoms with Crippen molar-refractivity contribution in [1.29, 1.82) is 0 Å². The van der Waals surface area contributed by atoms with E-state index in [2.05, 4.69) is 5.32 Å². The highest BCUT2D eigenvalue weighted by molar-refractivity contribution is 5.86. The molecular weight excluding hydrogens is 345 g/mol. The van der Waals surface area contributed by atoms with Gasteiger partial charge in [0.25, 0.3) is 5.91 Å². The van der Waals surface area contributed by atoms with Crippen LogP contribution >= 0.6 is 0 Å². The lowest BCUT2D eigenvalue weighted by atomic mass is 9.94. The first-order valence-corrected chi connectivity index (χ1v) is 7.16. The number of nitrogens with one attached hydrogen (secondary N) is 1. The molecule has 0 heterocycles. The molecule has 2 aromatic carbocycles. The van der Waals surface area contributed by atoms with Crippen molar-refractivity contribution in [3.8, 4) is 0 Å². The molecule has 0 aliphatic carbocycles. The van der Waals surface area contributed by atoms with Crippen molar-refractivity contribution in [3.63, 3.8) is 0 Å². The second-order valence-electron chi connectivity index (χ2n) is 5.35. The van der Waals surface area contributed by atoms with Crippen LogP contribution in [0.1, 0.15) is 16.7 Å². The molecule has 8 heteroatoms. The fourth-order valence-electron chi connectivity index (χ4n) is 2.19. The van der Waals surface area contributed by atoms with Gasteiger partial charge in [0.15, 0.2) is 5.60 Å². The van der Waals surface area contributed by atoms with Gasteiger partial charge in [-0.25, -0.2) is 8.78 Å². The molecule has 2 aromatic rings. The van der Waals surface area contributed by atoms with E-state index in [1.54, 1.807) is 6.07 Å². The van der Waals surface area contributed by atoms with E-state index in [0.717, 1.165) is 0 Å². The molecule has 2 N–H and O–H groups in total. The van der Waals surface area contributed by atoms with Crippen molar-refractivity contribution in [2.24, 2.45) is 0 Å². The van der Waals surface area contributed by atoms with Crippen molar-refractivity contribution in [2.45, 2.75) is 18.3 Å². The summed E-state index contributed by atoms with van der Waals surface area (Å²) in [5, 5.41) is 12.3. The summed E-state index contributed by atoms with van der Waals surface area (Å²) in [5.41, 5.74) is -4.06. The van der Waals surface area contributed by atoms with Crippen molar-refractivity contribution in [3.05, 3.63) is 71.0 Å². The number of rotatable bonds is 5. The molecule has 2 rings (SSSR count). The first-order chi connectivity index (χ1) is 11.7. The van der Waals surface area contributed by atoms with Gasteiger partial charge in [-0.1, -0.05) is 30.3 Å². The van der Waals surface area contributed by atoms with Crippen molar-refractivity contribution in [1.82, 2.24) is 5.32 Å². The van der Waals surface area contributed by atoms with Crippen LogP contribution in [0.15, 0.2) is 48.5 Å². The Morgan fingerprint density at radius 1 is 1.04 bits per heavy atom. The Labute approximate surface area is 140 Å². The number of aliphatic hydroxyl groups is 1. The third-order valence-electron chi connectivity index (χ3n) is 3.63. The molecule has 0 saturated heterocycles. The van der Waals surface area contributed by atoms with Crippen LogP contribution in [0.25, 0.3) is 0 Å². The second-order valence-corrected chi connectivity index (χ2v) is 5.35. The number of alkyl halides is 4. The maximum Gasteiger partial charge on any atom is 0.416 e. The first-order valence-electron chi connectivity index (χ1n) is 7.16. The first kappa shape index (κ1) is 18.9. The number of amides is 1. The lowest BCUT2D eigenvalue weighted by molar-refractivity contribution is -0.142. The van der Waals surface area contributed by atoms with Gasteiger partial charge < -0.3 is 10.4 Å². The Morgan fingerprint density at radius 3 is 2.24 bits per heavy atom. The van der Waals surface area contributed by atoms with E-state index in [1.165, 1.54) is 24.3 Å². The average Bonchev–Trinajstić information content (AvgIpc) is 2.59. The van der Waals surface area contributed by atoms with E-state index in [-0.39, 0.29) is 5.56 Å². The summed E-state index contributed by atoms with van der Waals surface area (Å²) in [4.78, 5) is 12.1. The Kier molecular flexibility index (Phi) is 5.42. The lowest BCUT2D eigenvalue weighted by Gasteiger charge is -2.24. The number of carbonyl (C=O) groups excluding carboxylic acids is 1. The van der Waals surface area contributed by atoms with Crippen LogP contribution in [0.4, 0.5) is 22.0 Å². The monoisotopic (exact) mass is 359 g/mol. The second kappa shape index (κ2) is 7.18. The SMILES string of the molecule is O=C(NCc1cc(C(F)(F)F)ccc1F)C(O)(CF)c1ccccc1.